The number of aromatic carboxylic acids is 1. The van der Waals surface area contributed by atoms with Crippen LogP contribution in [-0.2, 0) is 4.79 Å². The van der Waals surface area contributed by atoms with E-state index in [1.54, 1.807) is 0 Å². The third-order valence-corrected chi connectivity index (χ3v) is 5.47. The lowest BCUT2D eigenvalue weighted by molar-refractivity contribution is -0.123. The maximum Gasteiger partial charge on any atom is 0.335 e. The summed E-state index contributed by atoms with van der Waals surface area (Å²) >= 11 is 0. The summed E-state index contributed by atoms with van der Waals surface area (Å²) in [5, 5.41) is 11.9. The van der Waals surface area contributed by atoms with Gasteiger partial charge in [-0.25, -0.2) is 13.6 Å². The molecular weight excluding hydrogens is 420 g/mol. The topological polar surface area (TPSA) is 84.9 Å². The summed E-state index contributed by atoms with van der Waals surface area (Å²) in [7, 11) is 2.83. The zero-order chi connectivity index (χ0) is 23.0. The second-order valence-corrected chi connectivity index (χ2v) is 7.24. The number of ether oxygens (including phenoxy) is 2. The number of hydrogen-bond donors (Lipinski definition) is 2. The molecule has 32 heavy (non-hydrogen) atoms. The van der Waals surface area contributed by atoms with Gasteiger partial charge in [-0.3, -0.25) is 4.79 Å². The second-order valence-electron chi connectivity index (χ2n) is 7.24. The molecule has 164 valence electrons. The standard InChI is InChI=1S/C24H19F2NO5/c1-27-23(28)20-19-18(32-22(20)12-3-6-14(25)7-4-12)10-8-15(21(19)26)16-11-13(24(29)30)5-9-17(16)31-2/h3-11,20,22H,1-2H3,(H,27,28)(H,29,30). The van der Waals surface area contributed by atoms with E-state index < -0.39 is 35.5 Å². The number of hydrogen-bond acceptors (Lipinski definition) is 4. The van der Waals surface area contributed by atoms with Gasteiger partial charge >= 0.3 is 5.97 Å². The number of halogens is 2. The first-order chi connectivity index (χ1) is 15.3. The molecule has 1 amide bonds. The third-order valence-electron chi connectivity index (χ3n) is 5.47. The molecule has 0 bridgehead atoms. The van der Waals surface area contributed by atoms with Gasteiger partial charge in [-0.1, -0.05) is 12.1 Å². The number of carboxylic acid groups (broad SMARTS) is 1. The Bertz CT molecular complexity index is 1210. The van der Waals surface area contributed by atoms with Crippen molar-refractivity contribution in [3.8, 4) is 22.6 Å². The van der Waals surface area contributed by atoms with Crippen LogP contribution in [0.2, 0.25) is 0 Å². The van der Waals surface area contributed by atoms with Crippen LogP contribution in [0.3, 0.4) is 0 Å². The molecular formula is C24H19F2NO5. The van der Waals surface area contributed by atoms with Crippen molar-refractivity contribution < 1.29 is 33.0 Å². The lowest BCUT2D eigenvalue weighted by Gasteiger charge is -2.19. The van der Waals surface area contributed by atoms with Gasteiger partial charge in [0.1, 0.15) is 35.2 Å². The monoisotopic (exact) mass is 439 g/mol. The highest BCUT2D eigenvalue weighted by molar-refractivity contribution is 5.91. The van der Waals surface area contributed by atoms with Crippen LogP contribution in [-0.4, -0.2) is 31.1 Å². The molecule has 8 heteroatoms. The quantitative estimate of drug-likeness (QED) is 0.619. The summed E-state index contributed by atoms with van der Waals surface area (Å²) in [6.07, 6.45) is -0.859. The first-order valence-electron chi connectivity index (χ1n) is 9.73. The van der Waals surface area contributed by atoms with Gasteiger partial charge < -0.3 is 19.9 Å². The van der Waals surface area contributed by atoms with Crippen LogP contribution in [0.15, 0.2) is 54.6 Å². The number of benzene rings is 3. The average molecular weight is 439 g/mol. The Morgan fingerprint density at radius 3 is 2.38 bits per heavy atom. The maximum absolute atomic E-state index is 15.9. The van der Waals surface area contributed by atoms with Gasteiger partial charge in [0.25, 0.3) is 0 Å². The summed E-state index contributed by atoms with van der Waals surface area (Å²) in [6, 6.07) is 12.6. The molecule has 3 aromatic rings. The number of carbonyl (C=O) groups excluding carboxylic acids is 1. The summed E-state index contributed by atoms with van der Waals surface area (Å²) in [5.41, 5.74) is 0.820. The van der Waals surface area contributed by atoms with E-state index in [1.807, 2.05) is 0 Å². The lowest BCUT2D eigenvalue weighted by Crippen LogP contribution is -2.29. The largest absolute Gasteiger partial charge is 0.496 e. The lowest BCUT2D eigenvalue weighted by atomic mass is 9.87. The fourth-order valence-electron chi connectivity index (χ4n) is 3.92. The van der Waals surface area contributed by atoms with E-state index in [0.29, 0.717) is 5.56 Å². The van der Waals surface area contributed by atoms with Gasteiger partial charge in [0, 0.05) is 23.7 Å². The SMILES string of the molecule is CNC(=O)C1c2c(ccc(-c3cc(C(=O)O)ccc3OC)c2F)OC1c1ccc(F)cc1. The molecule has 2 N–H and O–H groups in total. The first kappa shape index (κ1) is 21.3. The Hall–Kier alpha value is -3.94. The number of nitrogens with one attached hydrogen (secondary N) is 1. The molecule has 0 spiro atoms. The average Bonchev–Trinajstić information content (AvgIpc) is 3.19. The smallest absolute Gasteiger partial charge is 0.335 e. The van der Waals surface area contributed by atoms with Gasteiger partial charge in [0.15, 0.2) is 0 Å². The first-order valence-corrected chi connectivity index (χ1v) is 9.73. The minimum absolute atomic E-state index is 0.0380. The molecule has 2 atom stereocenters. The minimum atomic E-state index is -1.17. The van der Waals surface area contributed by atoms with Crippen LogP contribution in [0.25, 0.3) is 11.1 Å². The van der Waals surface area contributed by atoms with Crippen molar-refractivity contribution in [2.24, 2.45) is 0 Å². The van der Waals surface area contributed by atoms with E-state index in [-0.39, 0.29) is 33.8 Å². The van der Waals surface area contributed by atoms with Crippen molar-refractivity contribution in [2.45, 2.75) is 12.0 Å². The van der Waals surface area contributed by atoms with Crippen LogP contribution in [0, 0.1) is 11.6 Å². The maximum atomic E-state index is 15.9. The summed E-state index contributed by atoms with van der Waals surface area (Å²) in [4.78, 5) is 24.2. The fraction of sp³-hybridized carbons (Fsp3) is 0.167. The van der Waals surface area contributed by atoms with Crippen LogP contribution in [0.4, 0.5) is 8.78 Å². The number of likely N-dealkylation sites (N-methyl/N-ethyl adjacent to an activating group) is 1. The van der Waals surface area contributed by atoms with Gasteiger partial charge in [-0.2, -0.15) is 0 Å². The molecule has 1 heterocycles. The number of rotatable bonds is 5. The Balaban J connectivity index is 1.88. The van der Waals surface area contributed by atoms with E-state index in [0.717, 1.165) is 0 Å². The predicted molar refractivity (Wildman–Crippen MR) is 112 cm³/mol. The van der Waals surface area contributed by atoms with E-state index >= 15 is 4.39 Å². The number of amides is 1. The normalized spacial score (nSPS) is 16.8. The van der Waals surface area contributed by atoms with Crippen molar-refractivity contribution in [3.63, 3.8) is 0 Å². The van der Waals surface area contributed by atoms with Crippen LogP contribution in [0.1, 0.15) is 33.5 Å². The summed E-state index contributed by atoms with van der Waals surface area (Å²) in [6.45, 7) is 0. The highest BCUT2D eigenvalue weighted by Gasteiger charge is 2.43. The Labute approximate surface area is 182 Å². The molecule has 1 aliphatic rings. The zero-order valence-electron chi connectivity index (χ0n) is 17.2. The molecule has 0 radical (unpaired) electrons. The molecule has 6 nitrogen and oxygen atoms in total. The number of carbonyl (C=O) groups is 2. The van der Waals surface area contributed by atoms with E-state index in [4.69, 9.17) is 9.47 Å². The summed E-state index contributed by atoms with van der Waals surface area (Å²) < 4.78 is 40.5. The minimum Gasteiger partial charge on any atom is -0.496 e. The van der Waals surface area contributed by atoms with Crippen LogP contribution >= 0.6 is 0 Å². The number of methoxy groups -OCH3 is 1. The molecule has 3 aromatic carbocycles. The summed E-state index contributed by atoms with van der Waals surface area (Å²) in [5.74, 6) is -3.38. The van der Waals surface area contributed by atoms with Crippen molar-refractivity contribution in [3.05, 3.63) is 82.9 Å². The molecule has 4 rings (SSSR count). The second kappa shape index (κ2) is 8.30. The molecule has 2 unspecified atom stereocenters. The van der Waals surface area contributed by atoms with Gasteiger partial charge in [-0.15, -0.1) is 0 Å². The molecule has 0 aliphatic carbocycles. The molecule has 0 aromatic heterocycles. The Morgan fingerprint density at radius 1 is 1.03 bits per heavy atom. The Kier molecular flexibility index (Phi) is 5.52. The van der Waals surface area contributed by atoms with Gasteiger partial charge in [-0.05, 0) is 48.0 Å². The molecule has 0 saturated carbocycles. The van der Waals surface area contributed by atoms with Gasteiger partial charge in [0.05, 0.1) is 12.7 Å². The van der Waals surface area contributed by atoms with Crippen molar-refractivity contribution >= 4 is 11.9 Å². The van der Waals surface area contributed by atoms with Crippen molar-refractivity contribution in [1.82, 2.24) is 5.32 Å². The zero-order valence-corrected chi connectivity index (χ0v) is 17.2. The molecule has 0 fully saturated rings. The van der Waals surface area contributed by atoms with Crippen LogP contribution < -0.4 is 14.8 Å². The fourth-order valence-corrected chi connectivity index (χ4v) is 3.92. The van der Waals surface area contributed by atoms with E-state index in [1.165, 1.54) is 68.8 Å². The van der Waals surface area contributed by atoms with E-state index in [9.17, 15) is 19.1 Å². The highest BCUT2D eigenvalue weighted by atomic mass is 19.1. The highest BCUT2D eigenvalue weighted by Crippen LogP contribution is 2.50. The van der Waals surface area contributed by atoms with Crippen molar-refractivity contribution in [2.75, 3.05) is 14.2 Å². The predicted octanol–water partition coefficient (Wildman–Crippen LogP) is 4.30. The van der Waals surface area contributed by atoms with E-state index in [2.05, 4.69) is 5.32 Å². The van der Waals surface area contributed by atoms with Crippen molar-refractivity contribution in [1.29, 1.82) is 0 Å². The Morgan fingerprint density at radius 2 is 1.75 bits per heavy atom. The van der Waals surface area contributed by atoms with Crippen LogP contribution in [0.5, 0.6) is 11.5 Å². The molecule has 0 saturated heterocycles. The molecule has 1 aliphatic heterocycles. The number of fused-ring (bicyclic) bond motifs is 1. The third kappa shape index (κ3) is 3.53. The van der Waals surface area contributed by atoms with Gasteiger partial charge in [0.2, 0.25) is 5.91 Å². The number of carboxylic acids is 1.